The molecule has 0 aliphatic carbocycles. The molecule has 0 saturated heterocycles. The number of hydrogen-bond donors (Lipinski definition) is 1. The highest BCUT2D eigenvalue weighted by molar-refractivity contribution is 6.06. The second-order valence-corrected chi connectivity index (χ2v) is 4.47. The second-order valence-electron chi connectivity index (χ2n) is 4.47. The minimum Gasteiger partial charge on any atom is -0.462 e. The molecule has 0 radical (unpaired) electrons. The average molecular weight is 289 g/mol. The lowest BCUT2D eigenvalue weighted by Gasteiger charge is -2.12. The Kier molecular flexibility index (Phi) is 6.33. The zero-order chi connectivity index (χ0) is 15.8. The number of hydrogen-bond acceptors (Lipinski definition) is 4. The van der Waals surface area contributed by atoms with Gasteiger partial charge in [0.05, 0.1) is 18.1 Å². The molecule has 5 nitrogen and oxygen atoms in total. The van der Waals surface area contributed by atoms with Gasteiger partial charge in [0.2, 0.25) is 5.91 Å². The van der Waals surface area contributed by atoms with Gasteiger partial charge in [0.25, 0.3) is 0 Å². The van der Waals surface area contributed by atoms with Crippen molar-refractivity contribution in [1.29, 1.82) is 0 Å². The van der Waals surface area contributed by atoms with Gasteiger partial charge in [-0.3, -0.25) is 9.59 Å². The van der Waals surface area contributed by atoms with E-state index in [0.717, 1.165) is 0 Å². The van der Waals surface area contributed by atoms with Crippen molar-refractivity contribution in [2.24, 2.45) is 5.92 Å². The molecular formula is C16H19NO4. The first kappa shape index (κ1) is 16.6. The van der Waals surface area contributed by atoms with E-state index >= 15 is 0 Å². The molecule has 1 amide bonds. The van der Waals surface area contributed by atoms with E-state index in [0.29, 0.717) is 24.3 Å². The van der Waals surface area contributed by atoms with E-state index in [1.807, 2.05) is 0 Å². The summed E-state index contributed by atoms with van der Waals surface area (Å²) in [7, 11) is 0. The summed E-state index contributed by atoms with van der Waals surface area (Å²) in [6.07, 6.45) is 1.83. The van der Waals surface area contributed by atoms with Gasteiger partial charge in [-0.1, -0.05) is 6.08 Å². The van der Waals surface area contributed by atoms with Crippen LogP contribution in [0.4, 0.5) is 5.69 Å². The Morgan fingerprint density at radius 3 is 2.38 bits per heavy atom. The summed E-state index contributed by atoms with van der Waals surface area (Å²) in [5.74, 6) is -1.75. The number of Topliss-reactive ketones (excluding diaryl/α,β-unsaturated/α-hetero) is 1. The van der Waals surface area contributed by atoms with E-state index in [4.69, 9.17) is 4.74 Å². The number of anilines is 1. The van der Waals surface area contributed by atoms with Crippen molar-refractivity contribution in [3.05, 3.63) is 42.5 Å². The second kappa shape index (κ2) is 7.99. The summed E-state index contributed by atoms with van der Waals surface area (Å²) >= 11 is 0. The van der Waals surface area contributed by atoms with E-state index in [1.54, 1.807) is 31.2 Å². The van der Waals surface area contributed by atoms with Crippen molar-refractivity contribution in [1.82, 2.24) is 0 Å². The van der Waals surface area contributed by atoms with Crippen LogP contribution in [-0.2, 0) is 14.3 Å². The van der Waals surface area contributed by atoms with Crippen LogP contribution in [0.15, 0.2) is 36.9 Å². The van der Waals surface area contributed by atoms with Gasteiger partial charge < -0.3 is 10.1 Å². The number of benzene rings is 1. The van der Waals surface area contributed by atoms with Crippen LogP contribution in [0, 0.1) is 5.92 Å². The average Bonchev–Trinajstić information content (AvgIpc) is 2.45. The molecule has 5 heteroatoms. The molecule has 0 aromatic heterocycles. The van der Waals surface area contributed by atoms with E-state index in [2.05, 4.69) is 11.9 Å². The van der Waals surface area contributed by atoms with Crippen molar-refractivity contribution in [3.63, 3.8) is 0 Å². The largest absolute Gasteiger partial charge is 0.462 e. The van der Waals surface area contributed by atoms with E-state index in [-0.39, 0.29) is 11.7 Å². The number of ketones is 1. The number of carbonyl (C=O) groups excluding carboxylic acids is 3. The molecular weight excluding hydrogens is 270 g/mol. The Hall–Kier alpha value is -2.43. The molecule has 0 saturated carbocycles. The molecule has 1 N–H and O–H groups in total. The lowest BCUT2D eigenvalue weighted by Crippen LogP contribution is -2.27. The Bertz CT molecular complexity index is 534. The molecule has 0 spiro atoms. The molecule has 1 rings (SSSR count). The van der Waals surface area contributed by atoms with Crippen molar-refractivity contribution in [2.75, 3.05) is 11.9 Å². The lowest BCUT2D eigenvalue weighted by atomic mass is 10.00. The minimum atomic E-state index is -0.743. The van der Waals surface area contributed by atoms with Crippen LogP contribution in [0.1, 0.15) is 30.6 Å². The molecule has 0 fully saturated rings. The van der Waals surface area contributed by atoms with Gasteiger partial charge in [-0.05, 0) is 44.5 Å². The Morgan fingerprint density at radius 2 is 1.90 bits per heavy atom. The topological polar surface area (TPSA) is 72.5 Å². The number of carbonyl (C=O) groups is 3. The van der Waals surface area contributed by atoms with Gasteiger partial charge >= 0.3 is 5.97 Å². The van der Waals surface area contributed by atoms with Crippen molar-refractivity contribution < 1.29 is 19.1 Å². The summed E-state index contributed by atoms with van der Waals surface area (Å²) in [6, 6.07) is 6.30. The molecule has 0 unspecified atom stereocenters. The molecule has 0 bridgehead atoms. The fourth-order valence-electron chi connectivity index (χ4n) is 1.76. The summed E-state index contributed by atoms with van der Waals surface area (Å²) in [5.41, 5.74) is 0.924. The fraction of sp³-hybridized carbons (Fsp3) is 0.312. The molecule has 1 aromatic carbocycles. The Labute approximate surface area is 124 Å². The predicted molar refractivity (Wildman–Crippen MR) is 80.0 cm³/mol. The van der Waals surface area contributed by atoms with Gasteiger partial charge in [0, 0.05) is 5.69 Å². The lowest BCUT2D eigenvalue weighted by molar-refractivity contribution is -0.129. The quantitative estimate of drug-likeness (QED) is 0.476. The summed E-state index contributed by atoms with van der Waals surface area (Å²) in [5, 5.41) is 2.65. The van der Waals surface area contributed by atoms with Crippen molar-refractivity contribution >= 4 is 23.3 Å². The van der Waals surface area contributed by atoms with Gasteiger partial charge in [0.15, 0.2) is 0 Å². The van der Waals surface area contributed by atoms with Gasteiger partial charge in [0.1, 0.15) is 5.78 Å². The SMILES string of the molecule is C=CC[C@H](C(C)=O)C(=O)Nc1ccc(C(=O)OCC)cc1. The van der Waals surface area contributed by atoms with E-state index in [9.17, 15) is 14.4 Å². The fourth-order valence-corrected chi connectivity index (χ4v) is 1.76. The van der Waals surface area contributed by atoms with Gasteiger partial charge in [-0.25, -0.2) is 4.79 Å². The summed E-state index contributed by atoms with van der Waals surface area (Å²) in [6.45, 7) is 6.94. The van der Waals surface area contributed by atoms with Crippen LogP contribution in [0.2, 0.25) is 0 Å². The third-order valence-corrected chi connectivity index (χ3v) is 2.87. The monoisotopic (exact) mass is 289 g/mol. The maximum atomic E-state index is 12.0. The van der Waals surface area contributed by atoms with Crippen LogP contribution >= 0.6 is 0 Å². The highest BCUT2D eigenvalue weighted by Crippen LogP contribution is 2.14. The third-order valence-electron chi connectivity index (χ3n) is 2.87. The molecule has 0 heterocycles. The van der Waals surface area contributed by atoms with Crippen molar-refractivity contribution in [2.45, 2.75) is 20.3 Å². The number of esters is 1. The summed E-state index contributed by atoms with van der Waals surface area (Å²) < 4.78 is 4.87. The van der Waals surface area contributed by atoms with Crippen molar-refractivity contribution in [3.8, 4) is 0 Å². The standard InChI is InChI=1S/C16H19NO4/c1-4-6-14(11(3)18)15(19)17-13-9-7-12(8-10-13)16(20)21-5-2/h4,7-10,14H,1,5-6H2,2-3H3,(H,17,19)/t14-/m1/s1. The molecule has 0 aliphatic rings. The Morgan fingerprint density at radius 1 is 1.29 bits per heavy atom. The number of amides is 1. The molecule has 0 aliphatic heterocycles. The van der Waals surface area contributed by atoms with Crippen LogP contribution < -0.4 is 5.32 Å². The van der Waals surface area contributed by atoms with Crippen LogP contribution in [0.3, 0.4) is 0 Å². The van der Waals surface area contributed by atoms with Crippen LogP contribution in [-0.4, -0.2) is 24.3 Å². The number of nitrogens with one attached hydrogen (secondary N) is 1. The molecule has 112 valence electrons. The van der Waals surface area contributed by atoms with Gasteiger partial charge in [-0.15, -0.1) is 6.58 Å². The van der Waals surface area contributed by atoms with Gasteiger partial charge in [-0.2, -0.15) is 0 Å². The smallest absolute Gasteiger partial charge is 0.338 e. The molecule has 1 atom stereocenters. The highest BCUT2D eigenvalue weighted by Gasteiger charge is 2.21. The number of rotatable bonds is 7. The van der Waals surface area contributed by atoms with Crippen LogP contribution in [0.5, 0.6) is 0 Å². The van der Waals surface area contributed by atoms with E-state index in [1.165, 1.54) is 13.0 Å². The minimum absolute atomic E-state index is 0.212. The summed E-state index contributed by atoms with van der Waals surface area (Å²) in [4.78, 5) is 34.9. The maximum Gasteiger partial charge on any atom is 0.338 e. The first-order valence-electron chi connectivity index (χ1n) is 6.69. The van der Waals surface area contributed by atoms with Crippen LogP contribution in [0.25, 0.3) is 0 Å². The predicted octanol–water partition coefficient (Wildman–Crippen LogP) is 2.58. The normalized spacial score (nSPS) is 11.3. The first-order chi connectivity index (χ1) is 9.99. The molecule has 1 aromatic rings. The number of allylic oxidation sites excluding steroid dienone is 1. The zero-order valence-electron chi connectivity index (χ0n) is 12.2. The maximum absolute atomic E-state index is 12.0. The third kappa shape index (κ3) is 4.87. The number of ether oxygens (including phenoxy) is 1. The highest BCUT2D eigenvalue weighted by atomic mass is 16.5. The zero-order valence-corrected chi connectivity index (χ0v) is 12.2. The van der Waals surface area contributed by atoms with E-state index < -0.39 is 11.9 Å². The Balaban J connectivity index is 2.74. The molecule has 21 heavy (non-hydrogen) atoms. The first-order valence-corrected chi connectivity index (χ1v) is 6.69.